The van der Waals surface area contributed by atoms with E-state index in [1.807, 2.05) is 30.8 Å². The summed E-state index contributed by atoms with van der Waals surface area (Å²) in [5.41, 5.74) is 3.07. The molecule has 0 aliphatic heterocycles. The van der Waals surface area contributed by atoms with Crippen LogP contribution in [-0.2, 0) is 15.3 Å². The van der Waals surface area contributed by atoms with Crippen LogP contribution in [0.5, 0.6) is 0 Å². The molecule has 1 aromatic rings. The van der Waals surface area contributed by atoms with E-state index in [0.29, 0.717) is 18.1 Å². The Labute approximate surface area is 135 Å². The van der Waals surface area contributed by atoms with Gasteiger partial charge in [0, 0.05) is 11.4 Å². The number of rotatable bonds is 6. The molecule has 0 saturated heterocycles. The molecule has 2 atom stereocenters. The Kier molecular flexibility index (Phi) is 5.51. The lowest BCUT2D eigenvalue weighted by Crippen LogP contribution is -2.41. The minimum absolute atomic E-state index is 0.171. The standard InChI is InChI=1S/C17H23NO3S/c1-10(2)22-9-12-5-4-6-15(11(12)3)18-16(19)13-7-8-14(13)17(20)21/h4-6,10,13-14H,7-9H2,1-3H3,(H,18,19)(H,20,21). The van der Waals surface area contributed by atoms with Gasteiger partial charge in [0.05, 0.1) is 11.8 Å². The first-order chi connectivity index (χ1) is 10.4. The zero-order valence-electron chi connectivity index (χ0n) is 13.3. The number of aliphatic carboxylic acids is 1. The number of thioether (sulfide) groups is 1. The summed E-state index contributed by atoms with van der Waals surface area (Å²) in [6.07, 6.45) is 1.25. The zero-order chi connectivity index (χ0) is 16.3. The van der Waals surface area contributed by atoms with Crippen molar-refractivity contribution < 1.29 is 14.7 Å². The SMILES string of the molecule is Cc1c(CSC(C)C)cccc1NC(=O)C1CCC1C(=O)O. The highest BCUT2D eigenvalue weighted by molar-refractivity contribution is 7.99. The fraction of sp³-hybridized carbons (Fsp3) is 0.529. The van der Waals surface area contributed by atoms with Crippen molar-refractivity contribution >= 4 is 29.3 Å². The van der Waals surface area contributed by atoms with Gasteiger partial charge in [-0.15, -0.1) is 0 Å². The van der Waals surface area contributed by atoms with Crippen molar-refractivity contribution in [3.63, 3.8) is 0 Å². The van der Waals surface area contributed by atoms with Gasteiger partial charge in [0.1, 0.15) is 0 Å². The second kappa shape index (κ2) is 7.18. The van der Waals surface area contributed by atoms with Crippen molar-refractivity contribution in [3.05, 3.63) is 29.3 Å². The highest BCUT2D eigenvalue weighted by Crippen LogP contribution is 2.35. The maximum absolute atomic E-state index is 12.3. The Morgan fingerprint density at radius 2 is 2.00 bits per heavy atom. The van der Waals surface area contributed by atoms with Gasteiger partial charge in [-0.25, -0.2) is 0 Å². The van der Waals surface area contributed by atoms with Gasteiger partial charge in [0.15, 0.2) is 0 Å². The number of carbonyl (C=O) groups is 2. The van der Waals surface area contributed by atoms with Crippen LogP contribution in [-0.4, -0.2) is 22.2 Å². The van der Waals surface area contributed by atoms with Crippen LogP contribution in [0.25, 0.3) is 0 Å². The molecule has 4 nitrogen and oxygen atoms in total. The number of hydrogen-bond acceptors (Lipinski definition) is 3. The number of benzene rings is 1. The smallest absolute Gasteiger partial charge is 0.307 e. The number of hydrogen-bond donors (Lipinski definition) is 2. The van der Waals surface area contributed by atoms with E-state index < -0.39 is 17.8 Å². The van der Waals surface area contributed by atoms with Gasteiger partial charge in [-0.1, -0.05) is 26.0 Å². The lowest BCUT2D eigenvalue weighted by atomic mass is 9.73. The zero-order valence-corrected chi connectivity index (χ0v) is 14.1. The molecular formula is C17H23NO3S. The Hall–Kier alpha value is -1.49. The molecule has 1 fully saturated rings. The number of nitrogens with one attached hydrogen (secondary N) is 1. The molecule has 1 aliphatic rings. The van der Waals surface area contributed by atoms with E-state index >= 15 is 0 Å². The van der Waals surface area contributed by atoms with E-state index in [1.165, 1.54) is 5.56 Å². The molecule has 2 N–H and O–H groups in total. The van der Waals surface area contributed by atoms with Gasteiger partial charge in [-0.2, -0.15) is 11.8 Å². The van der Waals surface area contributed by atoms with Crippen molar-refractivity contribution in [1.82, 2.24) is 0 Å². The predicted octanol–water partition coefficient (Wildman–Crippen LogP) is 3.69. The van der Waals surface area contributed by atoms with E-state index in [2.05, 4.69) is 25.2 Å². The minimum Gasteiger partial charge on any atom is -0.481 e. The summed E-state index contributed by atoms with van der Waals surface area (Å²) < 4.78 is 0. The van der Waals surface area contributed by atoms with Crippen molar-refractivity contribution in [3.8, 4) is 0 Å². The number of carboxylic acids is 1. The lowest BCUT2D eigenvalue weighted by Gasteiger charge is -2.32. The van der Waals surface area contributed by atoms with E-state index in [1.54, 1.807) is 0 Å². The molecule has 1 aromatic carbocycles. The number of carboxylic acid groups (broad SMARTS) is 1. The highest BCUT2D eigenvalue weighted by atomic mass is 32.2. The van der Waals surface area contributed by atoms with Gasteiger partial charge < -0.3 is 10.4 Å². The molecule has 0 radical (unpaired) electrons. The third-order valence-electron chi connectivity index (χ3n) is 4.20. The van der Waals surface area contributed by atoms with Crippen LogP contribution in [0.15, 0.2) is 18.2 Å². The van der Waals surface area contributed by atoms with Crippen LogP contribution in [0, 0.1) is 18.8 Å². The fourth-order valence-electron chi connectivity index (χ4n) is 2.57. The molecule has 120 valence electrons. The van der Waals surface area contributed by atoms with Crippen LogP contribution in [0.4, 0.5) is 5.69 Å². The summed E-state index contributed by atoms with van der Waals surface area (Å²) in [6.45, 7) is 6.32. The minimum atomic E-state index is -0.870. The summed E-state index contributed by atoms with van der Waals surface area (Å²) in [4.78, 5) is 23.3. The molecule has 1 aliphatic carbocycles. The van der Waals surface area contributed by atoms with Gasteiger partial charge >= 0.3 is 5.97 Å². The predicted molar refractivity (Wildman–Crippen MR) is 90.1 cm³/mol. The second-order valence-electron chi connectivity index (χ2n) is 6.07. The van der Waals surface area contributed by atoms with E-state index in [4.69, 9.17) is 5.11 Å². The molecule has 2 rings (SSSR count). The summed E-state index contributed by atoms with van der Waals surface area (Å²) >= 11 is 1.86. The van der Waals surface area contributed by atoms with Crippen molar-refractivity contribution in [1.29, 1.82) is 0 Å². The van der Waals surface area contributed by atoms with Gasteiger partial charge in [0.25, 0.3) is 0 Å². The molecule has 5 heteroatoms. The number of carbonyl (C=O) groups excluding carboxylic acids is 1. The largest absolute Gasteiger partial charge is 0.481 e. The maximum Gasteiger partial charge on any atom is 0.307 e. The summed E-state index contributed by atoms with van der Waals surface area (Å²) in [7, 11) is 0. The third-order valence-corrected chi connectivity index (χ3v) is 5.35. The first kappa shape index (κ1) is 16.9. The first-order valence-corrected chi connectivity index (χ1v) is 8.68. The molecule has 1 saturated carbocycles. The van der Waals surface area contributed by atoms with Gasteiger partial charge in [0.2, 0.25) is 5.91 Å². The normalized spacial score (nSPS) is 20.5. The lowest BCUT2D eigenvalue weighted by molar-refractivity contribution is -0.151. The number of anilines is 1. The highest BCUT2D eigenvalue weighted by Gasteiger charge is 2.41. The molecule has 2 unspecified atom stereocenters. The Morgan fingerprint density at radius 1 is 1.32 bits per heavy atom. The third kappa shape index (κ3) is 3.83. The molecule has 0 heterocycles. The fourth-order valence-corrected chi connectivity index (χ4v) is 3.39. The van der Waals surface area contributed by atoms with Crippen LogP contribution >= 0.6 is 11.8 Å². The molecule has 0 aromatic heterocycles. The Morgan fingerprint density at radius 3 is 2.55 bits per heavy atom. The van der Waals surface area contributed by atoms with E-state index in [0.717, 1.165) is 17.0 Å². The van der Waals surface area contributed by atoms with Crippen LogP contribution in [0.1, 0.15) is 37.8 Å². The average Bonchev–Trinajstić information content (AvgIpc) is 2.37. The van der Waals surface area contributed by atoms with Crippen molar-refractivity contribution in [2.75, 3.05) is 5.32 Å². The molecule has 0 spiro atoms. The van der Waals surface area contributed by atoms with Crippen molar-refractivity contribution in [2.45, 2.75) is 44.6 Å². The Bertz CT molecular complexity index is 571. The molecule has 22 heavy (non-hydrogen) atoms. The van der Waals surface area contributed by atoms with E-state index in [9.17, 15) is 9.59 Å². The Balaban J connectivity index is 2.05. The van der Waals surface area contributed by atoms with Crippen molar-refractivity contribution in [2.24, 2.45) is 11.8 Å². The average molecular weight is 321 g/mol. The topological polar surface area (TPSA) is 66.4 Å². The van der Waals surface area contributed by atoms with E-state index in [-0.39, 0.29) is 5.91 Å². The van der Waals surface area contributed by atoms with Gasteiger partial charge in [-0.3, -0.25) is 9.59 Å². The summed E-state index contributed by atoms with van der Waals surface area (Å²) in [5.74, 6) is -1.06. The summed E-state index contributed by atoms with van der Waals surface area (Å²) in [6, 6.07) is 5.89. The first-order valence-electron chi connectivity index (χ1n) is 7.64. The molecular weight excluding hydrogens is 298 g/mol. The van der Waals surface area contributed by atoms with Gasteiger partial charge in [-0.05, 0) is 42.2 Å². The number of amides is 1. The molecule has 1 amide bonds. The second-order valence-corrected chi connectivity index (χ2v) is 7.63. The maximum atomic E-state index is 12.3. The quantitative estimate of drug-likeness (QED) is 0.838. The van der Waals surface area contributed by atoms with Crippen LogP contribution in [0.2, 0.25) is 0 Å². The monoisotopic (exact) mass is 321 g/mol. The molecule has 0 bridgehead atoms. The van der Waals surface area contributed by atoms with Crippen LogP contribution < -0.4 is 5.32 Å². The summed E-state index contributed by atoms with van der Waals surface area (Å²) in [5, 5.41) is 12.5. The van der Waals surface area contributed by atoms with Crippen LogP contribution in [0.3, 0.4) is 0 Å².